The minimum atomic E-state index is -1.11. The number of rotatable bonds is 2. The molecule has 0 atom stereocenters. The third-order valence-corrected chi connectivity index (χ3v) is 2.70. The van der Waals surface area contributed by atoms with Gasteiger partial charge in [0.05, 0.1) is 16.4 Å². The van der Waals surface area contributed by atoms with Gasteiger partial charge >= 0.3 is 5.97 Å². The Balaban J connectivity index is 2.65. The summed E-state index contributed by atoms with van der Waals surface area (Å²) in [5.74, 6) is -1.84. The summed E-state index contributed by atoms with van der Waals surface area (Å²) in [6.07, 6.45) is 1.27. The molecule has 0 amide bonds. The number of nitrogens with zero attached hydrogens (tertiary/aromatic N) is 3. The van der Waals surface area contributed by atoms with Gasteiger partial charge in [-0.3, -0.25) is 0 Å². The normalized spacial score (nSPS) is 10.7. The number of hydrogen-bond donors (Lipinski definition) is 1. The average molecular weight is 270 g/mol. The van der Waals surface area contributed by atoms with Crippen LogP contribution >= 0.6 is 11.6 Å². The predicted octanol–water partition coefficient (Wildman–Crippen LogP) is 2.37. The summed E-state index contributed by atoms with van der Waals surface area (Å²) in [6.45, 7) is 3.08. The molecule has 0 aliphatic carbocycles. The maximum Gasteiger partial charge on any atom is 0.339 e. The molecule has 2 heterocycles. The van der Waals surface area contributed by atoms with Gasteiger partial charge in [-0.1, -0.05) is 11.6 Å². The molecule has 0 saturated heterocycles. The number of carboxylic acid groups (broad SMARTS) is 1. The van der Waals surface area contributed by atoms with Crippen LogP contribution in [0.25, 0.3) is 5.82 Å². The first-order valence-corrected chi connectivity index (χ1v) is 5.40. The fraction of sp³-hybridized carbons (Fsp3) is 0.182. The van der Waals surface area contributed by atoms with Crippen LogP contribution in [0.5, 0.6) is 0 Å². The van der Waals surface area contributed by atoms with Gasteiger partial charge in [0.15, 0.2) is 11.6 Å². The van der Waals surface area contributed by atoms with Crippen LogP contribution in [0.1, 0.15) is 21.7 Å². The largest absolute Gasteiger partial charge is 0.478 e. The lowest BCUT2D eigenvalue weighted by atomic mass is 10.2. The third-order valence-electron chi connectivity index (χ3n) is 2.49. The summed E-state index contributed by atoms with van der Waals surface area (Å²) in [6, 6.07) is 1.10. The summed E-state index contributed by atoms with van der Waals surface area (Å²) in [4.78, 5) is 14.9. The van der Waals surface area contributed by atoms with Crippen molar-refractivity contribution in [2.45, 2.75) is 13.8 Å². The van der Waals surface area contributed by atoms with E-state index in [0.29, 0.717) is 11.4 Å². The Bertz CT molecular complexity index is 639. The van der Waals surface area contributed by atoms with Gasteiger partial charge in [-0.15, -0.1) is 0 Å². The number of carboxylic acids is 1. The monoisotopic (exact) mass is 269 g/mol. The summed E-state index contributed by atoms with van der Waals surface area (Å²) in [7, 11) is 0. The first kappa shape index (κ1) is 12.5. The van der Waals surface area contributed by atoms with E-state index in [2.05, 4.69) is 10.1 Å². The van der Waals surface area contributed by atoms with Gasteiger partial charge in [0.25, 0.3) is 0 Å². The lowest BCUT2D eigenvalue weighted by Crippen LogP contribution is -2.06. The zero-order valence-electron chi connectivity index (χ0n) is 9.61. The van der Waals surface area contributed by atoms with Gasteiger partial charge in [0.2, 0.25) is 0 Å². The topological polar surface area (TPSA) is 68.0 Å². The Kier molecular flexibility index (Phi) is 3.04. The molecular formula is C11H9ClFN3O2. The van der Waals surface area contributed by atoms with Crippen LogP contribution in [0.4, 0.5) is 4.39 Å². The van der Waals surface area contributed by atoms with Gasteiger partial charge < -0.3 is 5.11 Å². The van der Waals surface area contributed by atoms with Crippen molar-refractivity contribution >= 4 is 17.6 Å². The Labute approximate surface area is 107 Å². The third kappa shape index (κ3) is 1.95. The van der Waals surface area contributed by atoms with Crippen molar-refractivity contribution in [3.63, 3.8) is 0 Å². The van der Waals surface area contributed by atoms with Crippen LogP contribution in [-0.4, -0.2) is 25.8 Å². The van der Waals surface area contributed by atoms with Crippen molar-refractivity contribution in [2.24, 2.45) is 0 Å². The standard InChI is InChI=1S/C11H9ClFN3O2/c1-5-9(11(17)18)6(2)16(15-5)10-8(13)3-7(12)4-14-10/h3-4H,1-2H3,(H,17,18). The number of pyridine rings is 1. The molecule has 2 aromatic rings. The van der Waals surface area contributed by atoms with Crippen molar-refractivity contribution in [3.05, 3.63) is 40.1 Å². The molecule has 0 fully saturated rings. The first-order chi connectivity index (χ1) is 8.41. The van der Waals surface area contributed by atoms with E-state index < -0.39 is 11.8 Å². The number of hydrogen-bond acceptors (Lipinski definition) is 3. The molecule has 0 aliphatic heterocycles. The highest BCUT2D eigenvalue weighted by molar-refractivity contribution is 6.30. The fourth-order valence-electron chi connectivity index (χ4n) is 1.72. The van der Waals surface area contributed by atoms with Crippen molar-refractivity contribution in [3.8, 4) is 5.82 Å². The number of aryl methyl sites for hydroxylation is 1. The van der Waals surface area contributed by atoms with E-state index in [9.17, 15) is 9.18 Å². The molecule has 0 bridgehead atoms. The minimum absolute atomic E-state index is 0.0474. The number of aromatic carboxylic acids is 1. The molecule has 7 heteroatoms. The Morgan fingerprint density at radius 3 is 2.67 bits per heavy atom. The van der Waals surface area contributed by atoms with Crippen molar-refractivity contribution < 1.29 is 14.3 Å². The van der Waals surface area contributed by atoms with Crippen molar-refractivity contribution in [2.75, 3.05) is 0 Å². The Morgan fingerprint density at radius 2 is 2.17 bits per heavy atom. The molecule has 2 rings (SSSR count). The van der Waals surface area contributed by atoms with Crippen LogP contribution in [0, 0.1) is 19.7 Å². The number of halogens is 2. The minimum Gasteiger partial charge on any atom is -0.478 e. The highest BCUT2D eigenvalue weighted by Crippen LogP contribution is 2.20. The number of carbonyl (C=O) groups is 1. The van der Waals surface area contributed by atoms with Gasteiger partial charge in [-0.2, -0.15) is 5.10 Å². The van der Waals surface area contributed by atoms with Gasteiger partial charge in [0, 0.05) is 6.20 Å². The maximum atomic E-state index is 13.7. The molecule has 0 radical (unpaired) electrons. The summed E-state index contributed by atoms with van der Waals surface area (Å²) in [5, 5.41) is 13.2. The van der Waals surface area contributed by atoms with Crippen molar-refractivity contribution in [1.82, 2.24) is 14.8 Å². The maximum absolute atomic E-state index is 13.7. The summed E-state index contributed by atoms with van der Waals surface area (Å²) in [5.41, 5.74) is 0.663. The molecular weight excluding hydrogens is 261 g/mol. The highest BCUT2D eigenvalue weighted by Gasteiger charge is 2.20. The molecule has 94 valence electrons. The quantitative estimate of drug-likeness (QED) is 0.909. The van der Waals surface area contributed by atoms with E-state index in [0.717, 1.165) is 10.7 Å². The zero-order valence-corrected chi connectivity index (χ0v) is 10.4. The second-order valence-electron chi connectivity index (χ2n) is 3.72. The average Bonchev–Trinajstić information content (AvgIpc) is 2.54. The molecule has 0 aromatic carbocycles. The molecule has 0 saturated carbocycles. The smallest absolute Gasteiger partial charge is 0.339 e. The van der Waals surface area contributed by atoms with E-state index in [1.807, 2.05) is 0 Å². The van der Waals surface area contributed by atoms with Crippen LogP contribution in [-0.2, 0) is 0 Å². The molecule has 18 heavy (non-hydrogen) atoms. The molecule has 0 aliphatic rings. The molecule has 0 unspecified atom stereocenters. The lowest BCUT2D eigenvalue weighted by Gasteiger charge is -2.04. The zero-order chi connectivity index (χ0) is 13.4. The van der Waals surface area contributed by atoms with Gasteiger partial charge in [-0.25, -0.2) is 18.9 Å². The van der Waals surface area contributed by atoms with E-state index in [-0.39, 0.29) is 16.4 Å². The second kappa shape index (κ2) is 4.38. The van der Waals surface area contributed by atoms with Crippen molar-refractivity contribution in [1.29, 1.82) is 0 Å². The lowest BCUT2D eigenvalue weighted by molar-refractivity contribution is 0.0695. The molecule has 0 spiro atoms. The Hall–Kier alpha value is -1.95. The summed E-state index contributed by atoms with van der Waals surface area (Å²) >= 11 is 5.60. The molecule has 5 nitrogen and oxygen atoms in total. The number of aromatic nitrogens is 3. The fourth-order valence-corrected chi connectivity index (χ4v) is 1.87. The molecule has 1 N–H and O–H groups in total. The van der Waals surface area contributed by atoms with E-state index in [4.69, 9.17) is 16.7 Å². The second-order valence-corrected chi connectivity index (χ2v) is 4.16. The summed E-state index contributed by atoms with van der Waals surface area (Å²) < 4.78 is 14.9. The molecule has 2 aromatic heterocycles. The van der Waals surface area contributed by atoms with Crippen LogP contribution in [0.15, 0.2) is 12.3 Å². The SMILES string of the molecule is Cc1nn(-c2ncc(Cl)cc2F)c(C)c1C(=O)O. The Morgan fingerprint density at radius 1 is 1.50 bits per heavy atom. The van der Waals surface area contributed by atoms with Crippen LogP contribution < -0.4 is 0 Å². The van der Waals surface area contributed by atoms with Gasteiger partial charge in [-0.05, 0) is 19.9 Å². The van der Waals surface area contributed by atoms with Crippen LogP contribution in [0.3, 0.4) is 0 Å². The van der Waals surface area contributed by atoms with E-state index in [1.165, 1.54) is 6.20 Å². The van der Waals surface area contributed by atoms with Gasteiger partial charge in [0.1, 0.15) is 5.56 Å². The highest BCUT2D eigenvalue weighted by atomic mass is 35.5. The van der Waals surface area contributed by atoms with E-state index >= 15 is 0 Å². The van der Waals surface area contributed by atoms with E-state index in [1.54, 1.807) is 13.8 Å². The first-order valence-electron chi connectivity index (χ1n) is 5.02. The van der Waals surface area contributed by atoms with Crippen LogP contribution in [0.2, 0.25) is 5.02 Å². The predicted molar refractivity (Wildman–Crippen MR) is 62.8 cm³/mol.